The van der Waals surface area contributed by atoms with E-state index in [9.17, 15) is 19.2 Å². The van der Waals surface area contributed by atoms with Gasteiger partial charge in [0.2, 0.25) is 0 Å². The highest BCUT2D eigenvalue weighted by Gasteiger charge is 2.18. The van der Waals surface area contributed by atoms with E-state index in [1.54, 1.807) is 36.4 Å². The molecule has 12 heteroatoms. The van der Waals surface area contributed by atoms with Gasteiger partial charge in [0.1, 0.15) is 25.0 Å². The lowest BCUT2D eigenvalue weighted by atomic mass is 9.93. The summed E-state index contributed by atoms with van der Waals surface area (Å²) < 4.78 is 42.4. The van der Waals surface area contributed by atoms with Crippen LogP contribution >= 0.6 is 0 Å². The van der Waals surface area contributed by atoms with E-state index < -0.39 is 23.9 Å². The van der Waals surface area contributed by atoms with Crippen molar-refractivity contribution in [3.8, 4) is 45.3 Å². The standard InChI is InChI=1S/C42H42O12/c1-10-30-21-31(32-12-15-35(49-17-19-51-39(43)26(2)3)37(22-32)53-41(45)28(6)24-47-8)11-14-34(30)33-13-16-36(50-18-20-52-40(44)27(4)5)38(23-33)54-42(46)29(7)25-48-9/h11-23H,2,4,6-7,10,24-25H2,1,3,5,8-9H3/b19-17-,20-18-. The molecule has 0 aliphatic rings. The summed E-state index contributed by atoms with van der Waals surface area (Å²) in [5.74, 6) is -2.22. The first-order valence-electron chi connectivity index (χ1n) is 16.3. The average Bonchev–Trinajstić information content (AvgIpc) is 3.15. The zero-order valence-corrected chi connectivity index (χ0v) is 30.9. The van der Waals surface area contributed by atoms with Crippen LogP contribution in [0.5, 0.6) is 23.0 Å². The van der Waals surface area contributed by atoms with Gasteiger partial charge in [0.05, 0.1) is 24.4 Å². The molecule has 12 nitrogen and oxygen atoms in total. The normalized spacial score (nSPS) is 10.8. The van der Waals surface area contributed by atoms with Crippen LogP contribution in [0.25, 0.3) is 22.3 Å². The summed E-state index contributed by atoms with van der Waals surface area (Å²) in [6.07, 6.45) is 4.98. The van der Waals surface area contributed by atoms with E-state index in [4.69, 9.17) is 37.9 Å². The van der Waals surface area contributed by atoms with E-state index >= 15 is 0 Å². The smallest absolute Gasteiger partial charge is 0.341 e. The lowest BCUT2D eigenvalue weighted by Gasteiger charge is -2.16. The number of hydrogen-bond donors (Lipinski definition) is 0. The summed E-state index contributed by atoms with van der Waals surface area (Å²) in [4.78, 5) is 49.0. The van der Waals surface area contributed by atoms with Crippen molar-refractivity contribution in [2.75, 3.05) is 27.4 Å². The van der Waals surface area contributed by atoms with Crippen LogP contribution in [0, 0.1) is 0 Å². The SMILES string of the molecule is C=C(C)C(=O)O/C=C\Oc1ccc(-c2ccc(-c3ccc(O/C=C\OC(=O)C(=C)C)c(OC(=O)C(=C)COC)c3)c(CC)c2)cc1OC(=O)C(=C)COC. The maximum absolute atomic E-state index is 12.8. The van der Waals surface area contributed by atoms with Crippen molar-refractivity contribution in [2.24, 2.45) is 0 Å². The van der Waals surface area contributed by atoms with Gasteiger partial charge in [0, 0.05) is 25.4 Å². The van der Waals surface area contributed by atoms with Crippen LogP contribution in [-0.4, -0.2) is 51.3 Å². The molecule has 0 unspecified atom stereocenters. The molecule has 0 saturated heterocycles. The van der Waals surface area contributed by atoms with E-state index in [1.165, 1.54) is 28.1 Å². The predicted molar refractivity (Wildman–Crippen MR) is 201 cm³/mol. The highest BCUT2D eigenvalue weighted by atomic mass is 16.6. The van der Waals surface area contributed by atoms with E-state index in [2.05, 4.69) is 26.3 Å². The first-order valence-corrected chi connectivity index (χ1v) is 16.3. The number of methoxy groups -OCH3 is 2. The topological polar surface area (TPSA) is 142 Å². The van der Waals surface area contributed by atoms with Crippen molar-refractivity contribution in [1.29, 1.82) is 0 Å². The summed E-state index contributed by atoms with van der Waals surface area (Å²) in [5, 5.41) is 0. The largest absolute Gasteiger partial charge is 0.458 e. The van der Waals surface area contributed by atoms with Crippen molar-refractivity contribution in [3.05, 3.63) is 134 Å². The Labute approximate surface area is 314 Å². The van der Waals surface area contributed by atoms with Gasteiger partial charge in [0.25, 0.3) is 0 Å². The molecule has 0 aliphatic carbocycles. The molecule has 54 heavy (non-hydrogen) atoms. The van der Waals surface area contributed by atoms with Gasteiger partial charge >= 0.3 is 23.9 Å². The first kappa shape index (κ1) is 41.9. The number of rotatable bonds is 19. The van der Waals surface area contributed by atoms with E-state index in [0.29, 0.717) is 17.5 Å². The minimum Gasteiger partial charge on any atom is -0.458 e. The van der Waals surface area contributed by atoms with Gasteiger partial charge in [-0.05, 0) is 72.4 Å². The fourth-order valence-electron chi connectivity index (χ4n) is 4.46. The molecule has 0 aliphatic heterocycles. The Balaban J connectivity index is 2.01. The highest BCUT2D eigenvalue weighted by molar-refractivity contribution is 5.91. The fraction of sp³-hybridized carbons (Fsp3) is 0.190. The second-order valence-corrected chi connectivity index (χ2v) is 11.6. The second kappa shape index (κ2) is 20.5. The molecule has 3 aromatic carbocycles. The lowest BCUT2D eigenvalue weighted by molar-refractivity contribution is -0.134. The summed E-state index contributed by atoms with van der Waals surface area (Å²) in [6, 6.07) is 15.8. The van der Waals surface area contributed by atoms with Crippen LogP contribution in [0.4, 0.5) is 0 Å². The molecule has 0 fully saturated rings. The van der Waals surface area contributed by atoms with Gasteiger partial charge in [-0.25, -0.2) is 19.2 Å². The Kier molecular flexibility index (Phi) is 15.9. The van der Waals surface area contributed by atoms with Crippen LogP contribution in [0.3, 0.4) is 0 Å². The summed E-state index contributed by atoms with van der Waals surface area (Å²) in [6.45, 7) is 19.4. The number of esters is 4. The summed E-state index contributed by atoms with van der Waals surface area (Å²) in [5.41, 5.74) is 4.55. The van der Waals surface area contributed by atoms with Crippen LogP contribution in [-0.2, 0) is 44.5 Å². The Hall–Kier alpha value is -6.50. The third kappa shape index (κ3) is 12.0. The van der Waals surface area contributed by atoms with E-state index in [-0.39, 0.29) is 58.5 Å². The maximum atomic E-state index is 12.8. The van der Waals surface area contributed by atoms with Gasteiger partial charge < -0.3 is 37.9 Å². The number of carbonyl (C=O) groups is 4. The van der Waals surface area contributed by atoms with Crippen LogP contribution in [0.15, 0.2) is 128 Å². The third-order valence-corrected chi connectivity index (χ3v) is 7.19. The minimum absolute atomic E-state index is 0.0373. The van der Waals surface area contributed by atoms with E-state index in [0.717, 1.165) is 41.7 Å². The molecule has 0 amide bonds. The maximum Gasteiger partial charge on any atom is 0.341 e. The molecule has 0 saturated carbocycles. The number of ether oxygens (including phenoxy) is 8. The molecule has 3 aromatic rings. The van der Waals surface area contributed by atoms with Gasteiger partial charge in [-0.2, -0.15) is 0 Å². The number of benzene rings is 3. The molecule has 0 bridgehead atoms. The van der Waals surface area contributed by atoms with Crippen molar-refractivity contribution in [2.45, 2.75) is 27.2 Å². The molecule has 0 aromatic heterocycles. The summed E-state index contributed by atoms with van der Waals surface area (Å²) >= 11 is 0. The zero-order chi connectivity index (χ0) is 39.8. The first-order chi connectivity index (χ1) is 25.8. The van der Waals surface area contributed by atoms with Crippen LogP contribution < -0.4 is 18.9 Å². The monoisotopic (exact) mass is 738 g/mol. The fourth-order valence-corrected chi connectivity index (χ4v) is 4.46. The molecule has 282 valence electrons. The molecule has 0 spiro atoms. The molecule has 0 atom stereocenters. The molecule has 3 rings (SSSR count). The third-order valence-electron chi connectivity index (χ3n) is 7.19. The molecule has 0 heterocycles. The Morgan fingerprint density at radius 3 is 1.43 bits per heavy atom. The zero-order valence-electron chi connectivity index (χ0n) is 30.9. The molecular formula is C42H42O12. The van der Waals surface area contributed by atoms with Crippen molar-refractivity contribution >= 4 is 23.9 Å². The second-order valence-electron chi connectivity index (χ2n) is 11.6. The van der Waals surface area contributed by atoms with Crippen LogP contribution in [0.1, 0.15) is 26.3 Å². The van der Waals surface area contributed by atoms with E-state index in [1.807, 2.05) is 25.1 Å². The van der Waals surface area contributed by atoms with Crippen molar-refractivity contribution < 1.29 is 57.1 Å². The average molecular weight is 739 g/mol. The van der Waals surface area contributed by atoms with Crippen molar-refractivity contribution in [1.82, 2.24) is 0 Å². The molecule has 0 radical (unpaired) electrons. The number of hydrogen-bond acceptors (Lipinski definition) is 12. The van der Waals surface area contributed by atoms with Crippen LogP contribution in [0.2, 0.25) is 0 Å². The molecular weight excluding hydrogens is 696 g/mol. The number of carbonyl (C=O) groups excluding carboxylic acids is 4. The Morgan fingerprint density at radius 2 is 0.981 bits per heavy atom. The Morgan fingerprint density at radius 1 is 0.556 bits per heavy atom. The molecule has 0 N–H and O–H groups in total. The predicted octanol–water partition coefficient (Wildman–Crippen LogP) is 7.74. The van der Waals surface area contributed by atoms with Gasteiger partial charge in [-0.15, -0.1) is 0 Å². The Bertz CT molecular complexity index is 2000. The minimum atomic E-state index is -0.723. The van der Waals surface area contributed by atoms with Gasteiger partial charge in [-0.3, -0.25) is 0 Å². The van der Waals surface area contributed by atoms with Gasteiger partial charge in [-0.1, -0.05) is 63.6 Å². The highest BCUT2D eigenvalue weighted by Crippen LogP contribution is 2.38. The van der Waals surface area contributed by atoms with Gasteiger partial charge in [0.15, 0.2) is 23.0 Å². The number of aryl methyl sites for hydroxylation is 1. The van der Waals surface area contributed by atoms with Crippen molar-refractivity contribution in [3.63, 3.8) is 0 Å². The quantitative estimate of drug-likeness (QED) is 0.0514. The summed E-state index contributed by atoms with van der Waals surface area (Å²) in [7, 11) is 2.86. The lowest BCUT2D eigenvalue weighted by Crippen LogP contribution is -2.14.